The highest BCUT2D eigenvalue weighted by molar-refractivity contribution is 9.10. The Balaban J connectivity index is 1.92. The minimum atomic E-state index is -0.381. The summed E-state index contributed by atoms with van der Waals surface area (Å²) in [6, 6.07) is 7.04. The first-order valence-electron chi connectivity index (χ1n) is 6.66. The number of aryl methyl sites for hydroxylation is 3. The molecular weight excluding hydrogens is 336 g/mol. The van der Waals surface area contributed by atoms with E-state index in [9.17, 15) is 10.1 Å². The molecule has 0 amide bonds. The average Bonchev–Trinajstić information content (AvgIpc) is 2.74. The number of aromatic nitrogens is 2. The van der Waals surface area contributed by atoms with Crippen LogP contribution < -0.4 is 5.32 Å². The molecule has 0 atom stereocenters. The molecule has 0 bridgehead atoms. The van der Waals surface area contributed by atoms with E-state index in [0.717, 1.165) is 24.4 Å². The molecule has 7 heteroatoms. The molecule has 0 saturated carbocycles. The van der Waals surface area contributed by atoms with E-state index < -0.39 is 0 Å². The van der Waals surface area contributed by atoms with Crippen LogP contribution in [0.1, 0.15) is 17.8 Å². The van der Waals surface area contributed by atoms with Crippen LogP contribution in [0.3, 0.4) is 0 Å². The van der Waals surface area contributed by atoms with Crippen LogP contribution in [0, 0.1) is 24.0 Å². The minimum Gasteiger partial charge on any atom is -0.379 e. The van der Waals surface area contributed by atoms with Gasteiger partial charge in [0.2, 0.25) is 0 Å². The summed E-state index contributed by atoms with van der Waals surface area (Å²) in [5, 5.41) is 18.5. The molecule has 0 radical (unpaired) electrons. The molecule has 112 valence electrons. The summed E-state index contributed by atoms with van der Waals surface area (Å²) in [6.07, 6.45) is 0.842. The van der Waals surface area contributed by atoms with Crippen LogP contribution in [-0.4, -0.2) is 21.2 Å². The van der Waals surface area contributed by atoms with Gasteiger partial charge < -0.3 is 5.32 Å². The minimum absolute atomic E-state index is 0.0792. The van der Waals surface area contributed by atoms with Gasteiger partial charge >= 0.3 is 0 Å². The summed E-state index contributed by atoms with van der Waals surface area (Å²) >= 11 is 3.24. The third kappa shape index (κ3) is 4.04. The van der Waals surface area contributed by atoms with Crippen LogP contribution in [0.5, 0.6) is 0 Å². The quantitative estimate of drug-likeness (QED) is 0.489. The van der Waals surface area contributed by atoms with Gasteiger partial charge in [-0.3, -0.25) is 14.8 Å². The van der Waals surface area contributed by atoms with Gasteiger partial charge in [0.15, 0.2) is 0 Å². The molecule has 0 spiro atoms. The van der Waals surface area contributed by atoms with Crippen molar-refractivity contribution in [1.29, 1.82) is 0 Å². The number of anilines is 1. The number of benzene rings is 1. The molecule has 6 nitrogen and oxygen atoms in total. The van der Waals surface area contributed by atoms with Gasteiger partial charge in [-0.2, -0.15) is 5.10 Å². The largest absolute Gasteiger partial charge is 0.379 e. The third-order valence-corrected chi connectivity index (χ3v) is 3.62. The molecule has 0 saturated heterocycles. The smallest absolute Gasteiger partial charge is 0.293 e. The Bertz CT molecular complexity index is 654. The maximum Gasteiger partial charge on any atom is 0.293 e. The normalized spacial score (nSPS) is 10.6. The van der Waals surface area contributed by atoms with Gasteiger partial charge in [0, 0.05) is 29.3 Å². The van der Waals surface area contributed by atoms with Crippen molar-refractivity contribution in [3.8, 4) is 0 Å². The van der Waals surface area contributed by atoms with Crippen molar-refractivity contribution in [1.82, 2.24) is 9.78 Å². The zero-order chi connectivity index (χ0) is 15.4. The average molecular weight is 353 g/mol. The Labute approximate surface area is 131 Å². The maximum absolute atomic E-state index is 11.0. The SMILES string of the molecule is Cc1cc(C)n(CCCNc2ccc(Br)cc2[N+](=O)[O-])n1. The van der Waals surface area contributed by atoms with Crippen molar-refractivity contribution in [2.75, 3.05) is 11.9 Å². The van der Waals surface area contributed by atoms with Crippen LogP contribution in [0.4, 0.5) is 11.4 Å². The molecule has 1 N–H and O–H groups in total. The number of nitrogens with one attached hydrogen (secondary N) is 1. The molecule has 0 unspecified atom stereocenters. The van der Waals surface area contributed by atoms with Gasteiger partial charge in [-0.05, 0) is 38.5 Å². The van der Waals surface area contributed by atoms with Crippen molar-refractivity contribution >= 4 is 27.3 Å². The second kappa shape index (κ2) is 6.71. The van der Waals surface area contributed by atoms with Gasteiger partial charge in [0.1, 0.15) is 5.69 Å². The van der Waals surface area contributed by atoms with E-state index in [1.54, 1.807) is 12.1 Å². The summed E-state index contributed by atoms with van der Waals surface area (Å²) in [6.45, 7) is 5.43. The molecule has 2 aromatic rings. The second-order valence-electron chi connectivity index (χ2n) is 4.85. The molecule has 0 fully saturated rings. The number of hydrogen-bond acceptors (Lipinski definition) is 4. The van der Waals surface area contributed by atoms with E-state index in [4.69, 9.17) is 0 Å². The van der Waals surface area contributed by atoms with Crippen molar-refractivity contribution in [2.45, 2.75) is 26.8 Å². The highest BCUT2D eigenvalue weighted by Crippen LogP contribution is 2.27. The molecule has 1 aromatic heterocycles. The number of nitrogens with zero attached hydrogens (tertiary/aromatic N) is 3. The number of rotatable bonds is 6. The number of halogens is 1. The summed E-state index contributed by atoms with van der Waals surface area (Å²) in [4.78, 5) is 10.6. The summed E-state index contributed by atoms with van der Waals surface area (Å²) in [7, 11) is 0. The second-order valence-corrected chi connectivity index (χ2v) is 5.76. The summed E-state index contributed by atoms with van der Waals surface area (Å²) in [5.41, 5.74) is 2.75. The molecule has 0 aliphatic rings. The van der Waals surface area contributed by atoms with E-state index in [1.165, 1.54) is 6.07 Å². The highest BCUT2D eigenvalue weighted by Gasteiger charge is 2.13. The molecule has 1 aromatic carbocycles. The van der Waals surface area contributed by atoms with E-state index in [1.807, 2.05) is 24.6 Å². The van der Waals surface area contributed by atoms with Crippen LogP contribution in [0.15, 0.2) is 28.7 Å². The Kier molecular flexibility index (Phi) is 4.95. The van der Waals surface area contributed by atoms with Gasteiger partial charge in [0.05, 0.1) is 10.6 Å². The molecule has 0 aliphatic heterocycles. The zero-order valence-corrected chi connectivity index (χ0v) is 13.6. The predicted molar refractivity (Wildman–Crippen MR) is 85.6 cm³/mol. The van der Waals surface area contributed by atoms with Crippen LogP contribution >= 0.6 is 15.9 Å². The van der Waals surface area contributed by atoms with Crippen molar-refractivity contribution in [2.24, 2.45) is 0 Å². The molecular formula is C14H17BrN4O2. The van der Waals surface area contributed by atoms with Crippen LogP contribution in [0.25, 0.3) is 0 Å². The van der Waals surface area contributed by atoms with Gasteiger partial charge in [-0.1, -0.05) is 15.9 Å². The lowest BCUT2D eigenvalue weighted by atomic mass is 10.2. The molecule has 1 heterocycles. The van der Waals surface area contributed by atoms with Crippen molar-refractivity contribution in [3.05, 3.63) is 50.2 Å². The lowest BCUT2D eigenvalue weighted by molar-refractivity contribution is -0.384. The van der Waals surface area contributed by atoms with Crippen LogP contribution in [0.2, 0.25) is 0 Å². The predicted octanol–water partition coefficient (Wildman–Crippen LogP) is 3.67. The fourth-order valence-electron chi connectivity index (χ4n) is 2.16. The number of nitro groups is 1. The van der Waals surface area contributed by atoms with E-state index in [-0.39, 0.29) is 10.6 Å². The molecule has 21 heavy (non-hydrogen) atoms. The standard InChI is InChI=1S/C14H17BrN4O2/c1-10-8-11(2)18(17-10)7-3-6-16-13-5-4-12(15)9-14(13)19(20)21/h4-5,8-9,16H,3,6-7H2,1-2H3. The van der Waals surface area contributed by atoms with Gasteiger partial charge in [-0.15, -0.1) is 0 Å². The van der Waals surface area contributed by atoms with Crippen LogP contribution in [-0.2, 0) is 6.54 Å². The zero-order valence-electron chi connectivity index (χ0n) is 12.0. The number of nitro benzene ring substituents is 1. The third-order valence-electron chi connectivity index (χ3n) is 3.12. The van der Waals surface area contributed by atoms with Gasteiger partial charge in [-0.25, -0.2) is 0 Å². The first-order chi connectivity index (χ1) is 9.97. The monoisotopic (exact) mass is 352 g/mol. The topological polar surface area (TPSA) is 73.0 Å². The van der Waals surface area contributed by atoms with E-state index in [0.29, 0.717) is 16.7 Å². The fourth-order valence-corrected chi connectivity index (χ4v) is 2.51. The Morgan fingerprint density at radius 3 is 2.76 bits per heavy atom. The van der Waals surface area contributed by atoms with E-state index in [2.05, 4.69) is 26.3 Å². The fraction of sp³-hybridized carbons (Fsp3) is 0.357. The first-order valence-corrected chi connectivity index (χ1v) is 7.45. The Morgan fingerprint density at radius 2 is 2.14 bits per heavy atom. The molecule has 0 aliphatic carbocycles. The molecule has 2 rings (SSSR count). The highest BCUT2D eigenvalue weighted by atomic mass is 79.9. The first kappa shape index (κ1) is 15.5. The van der Waals surface area contributed by atoms with Gasteiger partial charge in [0.25, 0.3) is 5.69 Å². The van der Waals surface area contributed by atoms with E-state index >= 15 is 0 Å². The summed E-state index contributed by atoms with van der Waals surface area (Å²) < 4.78 is 2.65. The summed E-state index contributed by atoms with van der Waals surface area (Å²) in [5.74, 6) is 0. The Morgan fingerprint density at radius 1 is 1.38 bits per heavy atom. The number of hydrogen-bond donors (Lipinski definition) is 1. The lowest BCUT2D eigenvalue weighted by Gasteiger charge is -2.08. The Hall–Kier alpha value is -1.89. The lowest BCUT2D eigenvalue weighted by Crippen LogP contribution is -2.09. The van der Waals surface area contributed by atoms with Crippen molar-refractivity contribution in [3.63, 3.8) is 0 Å². The van der Waals surface area contributed by atoms with Crippen molar-refractivity contribution < 1.29 is 4.92 Å². The maximum atomic E-state index is 11.0.